The standard InChI is InChI=1S/C34H33N5O6/c1-2-44-33(42)30(16-15-22(40)19-37-35)38-32(41)31(17-21-18-36-29-14-8-7-9-23(21)29)39-34(43)45-20-28-26-12-5-3-10-24(26)25-11-4-6-13-27(25)28/h3-14,18-19,28,30-31,36H,2,15-17,20H2,1H3,(H,38,41)(H,39,43). The lowest BCUT2D eigenvalue weighted by molar-refractivity contribution is -0.147. The van der Waals surface area contributed by atoms with Gasteiger partial charge in [0.15, 0.2) is 0 Å². The molecule has 11 heteroatoms. The maximum Gasteiger partial charge on any atom is 0.407 e. The highest BCUT2D eigenvalue weighted by Gasteiger charge is 2.32. The van der Waals surface area contributed by atoms with Gasteiger partial charge < -0.3 is 30.6 Å². The summed E-state index contributed by atoms with van der Waals surface area (Å²) < 4.78 is 10.8. The van der Waals surface area contributed by atoms with E-state index >= 15 is 0 Å². The molecule has 0 saturated carbocycles. The van der Waals surface area contributed by atoms with Gasteiger partial charge in [-0.05, 0) is 47.2 Å². The second-order valence-corrected chi connectivity index (χ2v) is 10.6. The molecule has 2 unspecified atom stereocenters. The maximum absolute atomic E-state index is 13.7. The number of nitrogens with one attached hydrogen (secondary N) is 3. The van der Waals surface area contributed by atoms with Crippen molar-refractivity contribution >= 4 is 40.9 Å². The van der Waals surface area contributed by atoms with Crippen LogP contribution in [0.3, 0.4) is 0 Å². The summed E-state index contributed by atoms with van der Waals surface area (Å²) in [6, 6.07) is 21.2. The molecule has 1 aliphatic carbocycles. The molecule has 0 spiro atoms. The van der Waals surface area contributed by atoms with Crippen LogP contribution in [0.2, 0.25) is 0 Å². The van der Waals surface area contributed by atoms with Crippen molar-refractivity contribution < 1.29 is 33.4 Å². The van der Waals surface area contributed by atoms with Crippen molar-refractivity contribution in [2.75, 3.05) is 13.2 Å². The number of para-hydroxylation sites is 1. The van der Waals surface area contributed by atoms with Crippen molar-refractivity contribution in [1.29, 1.82) is 0 Å². The van der Waals surface area contributed by atoms with Crippen molar-refractivity contribution in [2.24, 2.45) is 0 Å². The fourth-order valence-corrected chi connectivity index (χ4v) is 5.69. The average molecular weight is 608 g/mol. The predicted octanol–water partition coefficient (Wildman–Crippen LogP) is 4.32. The highest BCUT2D eigenvalue weighted by atomic mass is 16.5. The van der Waals surface area contributed by atoms with E-state index in [1.165, 1.54) is 0 Å². The second kappa shape index (κ2) is 14.3. The molecule has 2 amide bonds. The minimum absolute atomic E-state index is 0.0568. The molecule has 1 heterocycles. The monoisotopic (exact) mass is 607 g/mol. The highest BCUT2D eigenvalue weighted by Crippen LogP contribution is 2.44. The zero-order valence-electron chi connectivity index (χ0n) is 24.7. The Morgan fingerprint density at radius 2 is 1.58 bits per heavy atom. The zero-order chi connectivity index (χ0) is 31.8. The first kappa shape index (κ1) is 30.9. The Morgan fingerprint density at radius 3 is 2.27 bits per heavy atom. The van der Waals surface area contributed by atoms with E-state index in [1.54, 1.807) is 13.1 Å². The van der Waals surface area contributed by atoms with Crippen LogP contribution in [0, 0.1) is 0 Å². The van der Waals surface area contributed by atoms with Crippen molar-refractivity contribution in [3.8, 4) is 11.1 Å². The van der Waals surface area contributed by atoms with Gasteiger partial charge >= 0.3 is 18.3 Å². The highest BCUT2D eigenvalue weighted by molar-refractivity contribution is 6.25. The first-order valence-electron chi connectivity index (χ1n) is 14.7. The van der Waals surface area contributed by atoms with E-state index in [1.807, 2.05) is 72.8 Å². The number of rotatable bonds is 13. The van der Waals surface area contributed by atoms with E-state index in [0.717, 1.165) is 44.9 Å². The number of aromatic nitrogens is 1. The van der Waals surface area contributed by atoms with Crippen molar-refractivity contribution in [2.45, 2.75) is 44.2 Å². The molecule has 4 aromatic rings. The van der Waals surface area contributed by atoms with Gasteiger partial charge in [0.1, 0.15) is 18.7 Å². The topological polar surface area (TPSA) is 163 Å². The van der Waals surface area contributed by atoms with E-state index < -0.39 is 35.8 Å². The molecule has 3 N–H and O–H groups in total. The van der Waals surface area contributed by atoms with Crippen LogP contribution in [0.25, 0.3) is 27.6 Å². The number of aromatic amines is 1. The molecule has 5 rings (SSSR count). The Bertz CT molecular complexity index is 1730. The third-order valence-corrected chi connectivity index (χ3v) is 7.82. The molecule has 3 aromatic carbocycles. The number of hydrogen-bond acceptors (Lipinski definition) is 6. The third-order valence-electron chi connectivity index (χ3n) is 7.82. The molecule has 0 bridgehead atoms. The van der Waals surface area contributed by atoms with Gasteiger partial charge in [-0.1, -0.05) is 66.7 Å². The maximum atomic E-state index is 13.7. The number of H-pyrrole nitrogens is 1. The number of ether oxygens (including phenoxy) is 2. The van der Waals surface area contributed by atoms with Gasteiger partial charge in [0.2, 0.25) is 11.7 Å². The Labute approximate surface area is 259 Å². The van der Waals surface area contributed by atoms with E-state index in [-0.39, 0.29) is 38.4 Å². The molecule has 0 aliphatic heterocycles. The van der Waals surface area contributed by atoms with Crippen molar-refractivity contribution in [1.82, 2.24) is 15.6 Å². The van der Waals surface area contributed by atoms with Crippen LogP contribution >= 0.6 is 0 Å². The van der Waals surface area contributed by atoms with Gasteiger partial charge in [-0.3, -0.25) is 9.59 Å². The van der Waals surface area contributed by atoms with Crippen LogP contribution in [-0.4, -0.2) is 65.0 Å². The van der Waals surface area contributed by atoms with Gasteiger partial charge in [-0.15, -0.1) is 0 Å². The number of alkyl carbamates (subject to hydrolysis) is 1. The van der Waals surface area contributed by atoms with Crippen LogP contribution in [0.15, 0.2) is 79.0 Å². The number of ketones is 1. The SMILES string of the molecule is CCOC(=O)C(CCC(=O)C=[N+]=[N-])NC(=O)C(Cc1c[nH]c2ccccc12)NC(=O)OCC1c2ccccc2-c2ccccc21. The van der Waals surface area contributed by atoms with Crippen LogP contribution in [-0.2, 0) is 30.3 Å². The summed E-state index contributed by atoms with van der Waals surface area (Å²) in [5.41, 5.74) is 14.6. The minimum atomic E-state index is -1.18. The number of carbonyl (C=O) groups excluding carboxylic acids is 4. The van der Waals surface area contributed by atoms with Crippen LogP contribution < -0.4 is 10.6 Å². The lowest BCUT2D eigenvalue weighted by atomic mass is 9.98. The molecular formula is C34H33N5O6. The minimum Gasteiger partial charge on any atom is -0.464 e. The quantitative estimate of drug-likeness (QED) is 0.0887. The van der Waals surface area contributed by atoms with E-state index in [2.05, 4.69) is 20.4 Å². The van der Waals surface area contributed by atoms with Crippen molar-refractivity contribution in [3.05, 3.63) is 101 Å². The molecule has 2 atom stereocenters. The van der Waals surface area contributed by atoms with Gasteiger partial charge in [0.05, 0.1) is 6.61 Å². The summed E-state index contributed by atoms with van der Waals surface area (Å²) >= 11 is 0. The van der Waals surface area contributed by atoms with Gasteiger partial charge in [-0.25, -0.2) is 9.59 Å². The number of amides is 2. The largest absolute Gasteiger partial charge is 0.464 e. The molecular weight excluding hydrogens is 574 g/mol. The molecule has 0 radical (unpaired) electrons. The van der Waals surface area contributed by atoms with Gasteiger partial charge in [0, 0.05) is 35.9 Å². The number of Topliss-reactive ketones (excluding diaryl/α,β-unsaturated/α-hetero) is 1. The first-order valence-corrected chi connectivity index (χ1v) is 14.7. The Hall–Kier alpha value is -5.54. The number of benzene rings is 3. The third kappa shape index (κ3) is 7.17. The predicted molar refractivity (Wildman–Crippen MR) is 166 cm³/mol. The van der Waals surface area contributed by atoms with Crippen molar-refractivity contribution in [3.63, 3.8) is 0 Å². The second-order valence-electron chi connectivity index (χ2n) is 10.6. The summed E-state index contributed by atoms with van der Waals surface area (Å²) in [5, 5.41) is 6.20. The smallest absolute Gasteiger partial charge is 0.407 e. The van der Waals surface area contributed by atoms with E-state index in [0.29, 0.717) is 0 Å². The van der Waals surface area contributed by atoms with Crippen LogP contribution in [0.4, 0.5) is 4.79 Å². The average Bonchev–Trinajstić information content (AvgIpc) is 3.60. The molecule has 11 nitrogen and oxygen atoms in total. The molecule has 1 aliphatic rings. The molecule has 45 heavy (non-hydrogen) atoms. The number of esters is 1. The number of fused-ring (bicyclic) bond motifs is 4. The summed E-state index contributed by atoms with van der Waals surface area (Å²) in [7, 11) is 0. The molecule has 0 saturated heterocycles. The number of hydrogen-bond donors (Lipinski definition) is 3. The Morgan fingerprint density at radius 1 is 0.911 bits per heavy atom. The summed E-state index contributed by atoms with van der Waals surface area (Å²) in [5.74, 6) is -2.09. The van der Waals surface area contributed by atoms with E-state index in [9.17, 15) is 19.2 Å². The fourth-order valence-electron chi connectivity index (χ4n) is 5.69. The molecule has 1 aromatic heterocycles. The number of carbonyl (C=O) groups is 4. The van der Waals surface area contributed by atoms with Gasteiger partial charge in [0.25, 0.3) is 0 Å². The van der Waals surface area contributed by atoms with Gasteiger partial charge in [-0.2, -0.15) is 4.79 Å². The van der Waals surface area contributed by atoms with Crippen LogP contribution in [0.5, 0.6) is 0 Å². The Balaban J connectivity index is 1.33. The van der Waals surface area contributed by atoms with Crippen LogP contribution in [0.1, 0.15) is 42.4 Å². The number of nitrogens with zero attached hydrogens (tertiary/aromatic N) is 2. The lowest BCUT2D eigenvalue weighted by Gasteiger charge is -2.23. The summed E-state index contributed by atoms with van der Waals surface area (Å²) in [6.07, 6.45) is 1.51. The molecule has 230 valence electrons. The Kier molecular flexibility index (Phi) is 9.81. The first-order chi connectivity index (χ1) is 21.9. The lowest BCUT2D eigenvalue weighted by Crippen LogP contribution is -2.53. The zero-order valence-corrected chi connectivity index (χ0v) is 24.7. The summed E-state index contributed by atoms with van der Waals surface area (Å²) in [6.45, 7) is 1.74. The summed E-state index contributed by atoms with van der Waals surface area (Å²) in [4.78, 5) is 57.4. The van der Waals surface area contributed by atoms with E-state index in [4.69, 9.17) is 15.0 Å². The fraction of sp³-hybridized carbons (Fsp3) is 0.265. The normalized spacial score (nSPS) is 13.1. The molecule has 0 fully saturated rings.